The van der Waals surface area contributed by atoms with E-state index >= 15 is 0 Å². The van der Waals surface area contributed by atoms with E-state index in [1.165, 1.54) is 0 Å². The second-order valence-electron chi connectivity index (χ2n) is 7.64. The van der Waals surface area contributed by atoms with E-state index in [-0.39, 0.29) is 18.0 Å². The van der Waals surface area contributed by atoms with E-state index in [1.807, 2.05) is 24.0 Å². The number of aromatic amines is 1. The average molecular weight is 372 g/mol. The molecule has 0 aromatic carbocycles. The standard InChI is InChI=1S/C19H28N6O2/c1-14-20-18(23-22-14)15-4-2-8-25(12-15)19(26)21-16-6-9-24(10-7-16)13-17-5-3-11-27-17/h3,5,11,15-16H,2,4,6-10,12-13H2,1H3,(H,21,26)(H,20,22,23)/t15-/m1/s1. The number of nitrogens with one attached hydrogen (secondary N) is 2. The fourth-order valence-corrected chi connectivity index (χ4v) is 4.04. The smallest absolute Gasteiger partial charge is 0.317 e. The highest BCUT2D eigenvalue weighted by Crippen LogP contribution is 2.24. The lowest BCUT2D eigenvalue weighted by Crippen LogP contribution is -2.51. The third kappa shape index (κ3) is 4.50. The van der Waals surface area contributed by atoms with Crippen LogP contribution < -0.4 is 5.32 Å². The van der Waals surface area contributed by atoms with E-state index in [0.29, 0.717) is 6.54 Å². The third-order valence-corrected chi connectivity index (χ3v) is 5.56. The first-order valence-corrected chi connectivity index (χ1v) is 9.86. The molecular formula is C19H28N6O2. The molecule has 2 saturated heterocycles. The van der Waals surface area contributed by atoms with Gasteiger partial charge in [0, 0.05) is 38.1 Å². The van der Waals surface area contributed by atoms with Gasteiger partial charge in [0.05, 0.1) is 12.8 Å². The van der Waals surface area contributed by atoms with Crippen molar-refractivity contribution in [3.8, 4) is 0 Å². The van der Waals surface area contributed by atoms with Gasteiger partial charge in [0.1, 0.15) is 11.6 Å². The number of furan rings is 1. The van der Waals surface area contributed by atoms with Crippen LogP contribution in [0.15, 0.2) is 22.8 Å². The average Bonchev–Trinajstić information content (AvgIpc) is 3.35. The maximum absolute atomic E-state index is 12.7. The highest BCUT2D eigenvalue weighted by atomic mass is 16.3. The van der Waals surface area contributed by atoms with Gasteiger partial charge in [0.15, 0.2) is 5.82 Å². The highest BCUT2D eigenvalue weighted by Gasteiger charge is 2.29. The SMILES string of the molecule is Cc1nc([C@@H]2CCCN(C(=O)NC3CCN(Cc4ccco4)CC3)C2)n[nH]1. The van der Waals surface area contributed by atoms with Crippen molar-refractivity contribution in [2.45, 2.75) is 51.1 Å². The summed E-state index contributed by atoms with van der Waals surface area (Å²) >= 11 is 0. The normalized spacial score (nSPS) is 22.1. The Morgan fingerprint density at radius 3 is 2.89 bits per heavy atom. The summed E-state index contributed by atoms with van der Waals surface area (Å²) in [6.07, 6.45) is 5.70. The number of piperidine rings is 2. The quantitative estimate of drug-likeness (QED) is 0.859. The minimum Gasteiger partial charge on any atom is -0.468 e. The van der Waals surface area contributed by atoms with Gasteiger partial charge in [-0.25, -0.2) is 9.78 Å². The fraction of sp³-hybridized carbons (Fsp3) is 0.632. The number of aromatic nitrogens is 3. The largest absolute Gasteiger partial charge is 0.468 e. The number of likely N-dealkylation sites (tertiary alicyclic amines) is 2. The van der Waals surface area contributed by atoms with Gasteiger partial charge in [-0.15, -0.1) is 0 Å². The van der Waals surface area contributed by atoms with E-state index in [0.717, 1.165) is 69.3 Å². The number of amides is 2. The molecule has 2 aliphatic rings. The molecule has 0 aliphatic carbocycles. The molecule has 0 spiro atoms. The van der Waals surface area contributed by atoms with E-state index in [9.17, 15) is 4.79 Å². The zero-order valence-corrected chi connectivity index (χ0v) is 15.9. The Hall–Kier alpha value is -2.35. The summed E-state index contributed by atoms with van der Waals surface area (Å²) < 4.78 is 5.42. The van der Waals surface area contributed by atoms with Crippen molar-refractivity contribution in [1.82, 2.24) is 30.3 Å². The Morgan fingerprint density at radius 2 is 2.19 bits per heavy atom. The Kier molecular flexibility index (Phi) is 5.42. The lowest BCUT2D eigenvalue weighted by Gasteiger charge is -2.35. The van der Waals surface area contributed by atoms with Crippen LogP contribution in [0.1, 0.15) is 49.0 Å². The minimum absolute atomic E-state index is 0.0523. The molecule has 0 radical (unpaired) electrons. The Bertz CT molecular complexity index is 735. The van der Waals surface area contributed by atoms with Crippen molar-refractivity contribution < 1.29 is 9.21 Å². The van der Waals surface area contributed by atoms with Gasteiger partial charge in [0.2, 0.25) is 0 Å². The second-order valence-corrected chi connectivity index (χ2v) is 7.64. The molecule has 1 atom stereocenters. The number of urea groups is 1. The maximum atomic E-state index is 12.7. The molecular weight excluding hydrogens is 344 g/mol. The van der Waals surface area contributed by atoms with Crippen molar-refractivity contribution in [2.75, 3.05) is 26.2 Å². The molecule has 2 aromatic heterocycles. The zero-order valence-electron chi connectivity index (χ0n) is 15.9. The molecule has 0 unspecified atom stereocenters. The van der Waals surface area contributed by atoms with Crippen LogP contribution in [0.4, 0.5) is 4.79 Å². The van der Waals surface area contributed by atoms with E-state index in [2.05, 4.69) is 25.4 Å². The lowest BCUT2D eigenvalue weighted by atomic mass is 9.97. The summed E-state index contributed by atoms with van der Waals surface area (Å²) in [6.45, 7) is 6.21. The van der Waals surface area contributed by atoms with Gasteiger partial charge in [0.25, 0.3) is 0 Å². The van der Waals surface area contributed by atoms with Crippen molar-refractivity contribution in [2.24, 2.45) is 0 Å². The van der Waals surface area contributed by atoms with E-state index < -0.39 is 0 Å². The van der Waals surface area contributed by atoms with Crippen molar-refractivity contribution in [1.29, 1.82) is 0 Å². The number of aryl methyl sites for hydroxylation is 1. The second kappa shape index (κ2) is 8.12. The maximum Gasteiger partial charge on any atom is 0.317 e. The topological polar surface area (TPSA) is 90.3 Å². The Labute approximate surface area is 159 Å². The van der Waals surface area contributed by atoms with Gasteiger partial charge in [-0.1, -0.05) is 0 Å². The highest BCUT2D eigenvalue weighted by molar-refractivity contribution is 5.74. The number of hydrogen-bond acceptors (Lipinski definition) is 5. The summed E-state index contributed by atoms with van der Waals surface area (Å²) in [7, 11) is 0. The van der Waals surface area contributed by atoms with Crippen LogP contribution in [0.3, 0.4) is 0 Å². The van der Waals surface area contributed by atoms with Crippen LogP contribution in [0.25, 0.3) is 0 Å². The number of H-pyrrole nitrogens is 1. The van der Waals surface area contributed by atoms with E-state index in [1.54, 1.807) is 6.26 Å². The molecule has 0 bridgehead atoms. The minimum atomic E-state index is 0.0523. The summed E-state index contributed by atoms with van der Waals surface area (Å²) in [5, 5.41) is 10.4. The van der Waals surface area contributed by atoms with E-state index in [4.69, 9.17) is 4.42 Å². The molecule has 0 saturated carbocycles. The van der Waals surface area contributed by atoms with Gasteiger partial charge >= 0.3 is 6.03 Å². The van der Waals surface area contributed by atoms with Crippen LogP contribution >= 0.6 is 0 Å². The van der Waals surface area contributed by atoms with Gasteiger partial charge in [-0.3, -0.25) is 10.00 Å². The molecule has 2 aliphatic heterocycles. The predicted molar refractivity (Wildman–Crippen MR) is 100 cm³/mol. The number of rotatable bonds is 4. The first-order chi connectivity index (χ1) is 13.2. The van der Waals surface area contributed by atoms with Gasteiger partial charge < -0.3 is 14.6 Å². The molecule has 146 valence electrons. The first-order valence-electron chi connectivity index (χ1n) is 9.86. The third-order valence-electron chi connectivity index (χ3n) is 5.56. The van der Waals surface area contributed by atoms with Crippen molar-refractivity contribution in [3.63, 3.8) is 0 Å². The molecule has 2 aromatic rings. The van der Waals surface area contributed by atoms with Crippen LogP contribution in [0, 0.1) is 6.92 Å². The summed E-state index contributed by atoms with van der Waals surface area (Å²) in [4.78, 5) is 21.5. The Morgan fingerprint density at radius 1 is 1.33 bits per heavy atom. The lowest BCUT2D eigenvalue weighted by molar-refractivity contribution is 0.154. The molecule has 2 fully saturated rings. The molecule has 2 amide bonds. The summed E-state index contributed by atoms with van der Waals surface area (Å²) in [5.41, 5.74) is 0. The Balaban J connectivity index is 1.24. The van der Waals surface area contributed by atoms with Crippen LogP contribution in [-0.2, 0) is 6.54 Å². The van der Waals surface area contributed by atoms with Crippen molar-refractivity contribution >= 4 is 6.03 Å². The van der Waals surface area contributed by atoms with Crippen molar-refractivity contribution in [3.05, 3.63) is 35.8 Å². The molecule has 8 heteroatoms. The summed E-state index contributed by atoms with van der Waals surface area (Å²) in [6, 6.07) is 4.23. The molecule has 8 nitrogen and oxygen atoms in total. The van der Waals surface area contributed by atoms with Crippen LogP contribution in [-0.4, -0.2) is 63.2 Å². The number of carbonyl (C=O) groups excluding carboxylic acids is 1. The van der Waals surface area contributed by atoms with Crippen LogP contribution in [0.5, 0.6) is 0 Å². The zero-order chi connectivity index (χ0) is 18.6. The fourth-order valence-electron chi connectivity index (χ4n) is 4.04. The molecule has 2 N–H and O–H groups in total. The van der Waals surface area contributed by atoms with Gasteiger partial charge in [-0.05, 0) is 44.7 Å². The van der Waals surface area contributed by atoms with Crippen LogP contribution in [0.2, 0.25) is 0 Å². The predicted octanol–water partition coefficient (Wildman–Crippen LogP) is 2.26. The first kappa shape index (κ1) is 18.0. The molecule has 4 rings (SSSR count). The number of hydrogen-bond donors (Lipinski definition) is 2. The molecule has 4 heterocycles. The van der Waals surface area contributed by atoms with Gasteiger partial charge in [-0.2, -0.15) is 5.10 Å². The summed E-state index contributed by atoms with van der Waals surface area (Å²) in [5.74, 6) is 2.88. The number of nitrogens with zero attached hydrogens (tertiary/aromatic N) is 4. The molecule has 27 heavy (non-hydrogen) atoms. The number of carbonyl (C=O) groups is 1. The monoisotopic (exact) mass is 372 g/mol.